The van der Waals surface area contributed by atoms with Crippen molar-refractivity contribution < 1.29 is 5.32 Å². The fraction of sp³-hybridized carbons (Fsp3) is 0.500. The molecule has 1 saturated heterocycles. The normalized spacial score (nSPS) is 39.0. The lowest BCUT2D eigenvalue weighted by molar-refractivity contribution is -0.701. The van der Waals surface area contributed by atoms with Crippen molar-refractivity contribution in [2.24, 2.45) is 0 Å². The van der Waals surface area contributed by atoms with Crippen LogP contribution in [0.2, 0.25) is 0 Å². The van der Waals surface area contributed by atoms with Gasteiger partial charge in [0.05, 0.1) is 12.0 Å². The van der Waals surface area contributed by atoms with Crippen molar-refractivity contribution in [1.82, 2.24) is 0 Å². The molecule has 0 radical (unpaired) electrons. The Hall–Kier alpha value is -1.02. The van der Waals surface area contributed by atoms with Gasteiger partial charge in [0.25, 0.3) is 0 Å². The third kappa shape index (κ3) is 0.758. The second-order valence-corrected chi connectivity index (χ2v) is 4.95. The molecule has 2 aliphatic heterocycles. The molecular weight excluding hydrogens is 172 g/mol. The Morgan fingerprint density at radius 1 is 1.29 bits per heavy atom. The number of fused-ring (bicyclic) bond motifs is 3. The molecule has 3 N–H and O–H groups in total. The van der Waals surface area contributed by atoms with Gasteiger partial charge in [0, 0.05) is 19.0 Å². The molecular formula is C12H17N2+. The van der Waals surface area contributed by atoms with Gasteiger partial charge >= 0.3 is 0 Å². The fourth-order valence-corrected chi connectivity index (χ4v) is 3.09. The van der Waals surface area contributed by atoms with Crippen molar-refractivity contribution >= 4 is 5.69 Å². The summed E-state index contributed by atoms with van der Waals surface area (Å²) in [5.41, 5.74) is 3.31. The average Bonchev–Trinajstić information content (AvgIpc) is 2.54. The van der Waals surface area contributed by atoms with Gasteiger partial charge < -0.3 is 10.6 Å². The van der Waals surface area contributed by atoms with Crippen LogP contribution in [0, 0.1) is 0 Å². The number of nitrogens with one attached hydrogen (secondary N) is 1. The first-order valence-electron chi connectivity index (χ1n) is 5.38. The summed E-state index contributed by atoms with van der Waals surface area (Å²) in [5, 5.41) is 6.10. The Bertz CT molecular complexity index is 388. The van der Waals surface area contributed by atoms with Gasteiger partial charge in [-0.3, -0.25) is 0 Å². The highest BCUT2D eigenvalue weighted by Crippen LogP contribution is 2.47. The van der Waals surface area contributed by atoms with E-state index in [2.05, 4.69) is 48.7 Å². The van der Waals surface area contributed by atoms with E-state index < -0.39 is 0 Å². The van der Waals surface area contributed by atoms with Crippen LogP contribution in [-0.2, 0) is 5.41 Å². The van der Waals surface area contributed by atoms with Gasteiger partial charge in [-0.1, -0.05) is 18.2 Å². The third-order valence-corrected chi connectivity index (χ3v) is 4.26. The number of para-hydroxylation sites is 1. The molecule has 1 fully saturated rings. The van der Waals surface area contributed by atoms with Gasteiger partial charge in [0.2, 0.25) is 0 Å². The quantitative estimate of drug-likeness (QED) is 0.627. The van der Waals surface area contributed by atoms with Crippen molar-refractivity contribution in [2.45, 2.75) is 31.3 Å². The zero-order valence-corrected chi connectivity index (χ0v) is 8.80. The Labute approximate surface area is 84.7 Å². The maximum absolute atomic E-state index is 3.66. The van der Waals surface area contributed by atoms with E-state index in [1.54, 1.807) is 0 Å². The highest BCUT2D eigenvalue weighted by atomic mass is 15.3. The highest BCUT2D eigenvalue weighted by molar-refractivity contribution is 5.63. The van der Waals surface area contributed by atoms with E-state index in [0.717, 1.165) is 0 Å². The molecule has 0 aromatic heterocycles. The highest BCUT2D eigenvalue weighted by Gasteiger charge is 2.58. The number of hydrogen-bond acceptors (Lipinski definition) is 1. The number of nitrogens with two attached hydrogens (primary N) is 1. The third-order valence-electron chi connectivity index (χ3n) is 4.26. The van der Waals surface area contributed by atoms with Crippen LogP contribution in [0.3, 0.4) is 0 Å². The number of anilines is 1. The lowest BCUT2D eigenvalue weighted by Gasteiger charge is -2.30. The molecule has 1 aromatic carbocycles. The van der Waals surface area contributed by atoms with Gasteiger partial charge in [-0.25, -0.2) is 0 Å². The molecule has 74 valence electrons. The number of hydrogen-bond donors (Lipinski definition) is 2. The van der Waals surface area contributed by atoms with Crippen LogP contribution in [0.1, 0.15) is 25.8 Å². The summed E-state index contributed by atoms with van der Waals surface area (Å²) in [6, 6.07) is 8.72. The van der Waals surface area contributed by atoms with Crippen molar-refractivity contribution in [3.63, 3.8) is 0 Å². The summed E-state index contributed by atoms with van der Waals surface area (Å²) in [5.74, 6) is 0. The molecule has 14 heavy (non-hydrogen) atoms. The number of rotatable bonds is 0. The summed E-state index contributed by atoms with van der Waals surface area (Å²) in [7, 11) is 0. The van der Waals surface area contributed by atoms with Crippen LogP contribution in [0.25, 0.3) is 0 Å². The van der Waals surface area contributed by atoms with Crippen molar-refractivity contribution in [1.29, 1.82) is 0 Å². The van der Waals surface area contributed by atoms with Gasteiger partial charge in [-0.15, -0.1) is 0 Å². The van der Waals surface area contributed by atoms with E-state index in [1.165, 1.54) is 24.2 Å². The van der Waals surface area contributed by atoms with Crippen LogP contribution < -0.4 is 10.6 Å². The molecule has 0 unspecified atom stereocenters. The van der Waals surface area contributed by atoms with E-state index in [0.29, 0.717) is 5.41 Å². The molecule has 0 aliphatic carbocycles. The van der Waals surface area contributed by atoms with E-state index in [1.807, 2.05) is 0 Å². The Morgan fingerprint density at radius 3 is 2.93 bits per heavy atom. The minimum atomic E-state index is 0.177. The second-order valence-electron chi connectivity index (χ2n) is 4.95. The second kappa shape index (κ2) is 2.31. The van der Waals surface area contributed by atoms with Crippen molar-refractivity contribution in [3.05, 3.63) is 29.8 Å². The number of quaternary nitrogens is 1. The molecule has 2 aliphatic rings. The smallest absolute Gasteiger partial charge is 0.176 e. The SMILES string of the molecule is C[C@]12Nc3ccccc3[C@@]1(C)CC[NH2+]2. The van der Waals surface area contributed by atoms with Gasteiger partial charge in [0.1, 0.15) is 0 Å². The zero-order valence-electron chi connectivity index (χ0n) is 8.80. The molecule has 2 heteroatoms. The van der Waals surface area contributed by atoms with Crippen LogP contribution in [0.4, 0.5) is 5.69 Å². The first-order chi connectivity index (χ1) is 6.66. The van der Waals surface area contributed by atoms with Crippen LogP contribution in [0.5, 0.6) is 0 Å². The largest absolute Gasteiger partial charge is 0.333 e. The maximum Gasteiger partial charge on any atom is 0.176 e. The van der Waals surface area contributed by atoms with E-state index in [9.17, 15) is 0 Å². The molecule has 0 bridgehead atoms. The predicted octanol–water partition coefficient (Wildman–Crippen LogP) is 1.05. The first kappa shape index (κ1) is 8.30. The Morgan fingerprint density at radius 2 is 2.07 bits per heavy atom. The van der Waals surface area contributed by atoms with Gasteiger partial charge in [-0.2, -0.15) is 0 Å². The monoisotopic (exact) mass is 189 g/mol. The topological polar surface area (TPSA) is 28.6 Å². The fourth-order valence-electron chi connectivity index (χ4n) is 3.09. The van der Waals surface area contributed by atoms with Gasteiger partial charge in [0.15, 0.2) is 5.66 Å². The Balaban J connectivity index is 2.22. The van der Waals surface area contributed by atoms with E-state index >= 15 is 0 Å². The van der Waals surface area contributed by atoms with Crippen molar-refractivity contribution in [2.75, 3.05) is 11.9 Å². The van der Waals surface area contributed by atoms with Gasteiger partial charge in [-0.05, 0) is 18.6 Å². The number of benzene rings is 1. The minimum absolute atomic E-state index is 0.177. The zero-order chi connectivity index (χ0) is 9.81. The first-order valence-corrected chi connectivity index (χ1v) is 5.38. The molecule has 0 amide bonds. The average molecular weight is 189 g/mol. The lowest BCUT2D eigenvalue weighted by Crippen LogP contribution is -2.96. The summed E-state index contributed by atoms with van der Waals surface area (Å²) in [6.45, 7) is 5.93. The van der Waals surface area contributed by atoms with Crippen LogP contribution in [-0.4, -0.2) is 12.2 Å². The maximum atomic E-state index is 3.66. The lowest BCUT2D eigenvalue weighted by atomic mass is 9.75. The van der Waals surface area contributed by atoms with Crippen molar-refractivity contribution in [3.8, 4) is 0 Å². The Kier molecular flexibility index (Phi) is 1.37. The summed E-state index contributed by atoms with van der Waals surface area (Å²) < 4.78 is 0. The molecule has 0 spiro atoms. The molecule has 2 nitrogen and oxygen atoms in total. The molecule has 3 rings (SSSR count). The summed E-state index contributed by atoms with van der Waals surface area (Å²) in [6.07, 6.45) is 1.27. The van der Waals surface area contributed by atoms with E-state index in [4.69, 9.17) is 0 Å². The standard InChI is InChI=1S/C12H16N2/c1-11-7-8-13-12(11,2)14-10-6-4-3-5-9(10)11/h3-6,13-14H,7-8H2,1-2H3/p+1/t11-,12+/m1/s1. The van der Waals surface area contributed by atoms with E-state index in [-0.39, 0.29) is 5.66 Å². The summed E-state index contributed by atoms with van der Waals surface area (Å²) >= 11 is 0. The summed E-state index contributed by atoms with van der Waals surface area (Å²) in [4.78, 5) is 0. The predicted molar refractivity (Wildman–Crippen MR) is 57.2 cm³/mol. The van der Waals surface area contributed by atoms with Crippen LogP contribution >= 0.6 is 0 Å². The molecule has 0 saturated carbocycles. The molecule has 2 heterocycles. The molecule has 2 atom stereocenters. The minimum Gasteiger partial charge on any atom is -0.333 e. The van der Waals surface area contributed by atoms with Crippen LogP contribution in [0.15, 0.2) is 24.3 Å². The molecule has 1 aromatic rings.